The van der Waals surface area contributed by atoms with E-state index in [-0.39, 0.29) is 12.0 Å². The van der Waals surface area contributed by atoms with Crippen LogP contribution in [0.4, 0.5) is 0 Å². The van der Waals surface area contributed by atoms with Crippen molar-refractivity contribution in [3.05, 3.63) is 17.5 Å². The lowest BCUT2D eigenvalue weighted by Crippen LogP contribution is -2.44. The number of nitrogens with zero attached hydrogens (tertiary/aromatic N) is 3. The molecule has 0 bridgehead atoms. The molecular formula is C19H31N3O2. The van der Waals surface area contributed by atoms with E-state index < -0.39 is 0 Å². The molecule has 5 heteroatoms. The number of carbonyl (C=O) groups excluding carboxylic acids is 1. The van der Waals surface area contributed by atoms with Crippen LogP contribution in [0, 0.1) is 0 Å². The summed E-state index contributed by atoms with van der Waals surface area (Å²) in [6.45, 7) is 11.2. The van der Waals surface area contributed by atoms with Crippen molar-refractivity contribution in [2.45, 2.75) is 77.4 Å². The summed E-state index contributed by atoms with van der Waals surface area (Å²) in [5.74, 6) is 1.11. The Morgan fingerprint density at radius 2 is 1.88 bits per heavy atom. The second kappa shape index (κ2) is 7.26. The number of hydrogen-bond donors (Lipinski definition) is 0. The Kier molecular flexibility index (Phi) is 5.28. The van der Waals surface area contributed by atoms with Crippen molar-refractivity contribution < 1.29 is 9.53 Å². The van der Waals surface area contributed by atoms with Gasteiger partial charge < -0.3 is 9.64 Å². The summed E-state index contributed by atoms with van der Waals surface area (Å²) in [4.78, 5) is 14.5. The van der Waals surface area contributed by atoms with Crippen molar-refractivity contribution in [2.24, 2.45) is 0 Å². The lowest BCUT2D eigenvalue weighted by molar-refractivity contribution is -0.142. The summed E-state index contributed by atoms with van der Waals surface area (Å²) < 4.78 is 7.79. The Morgan fingerprint density at radius 1 is 1.17 bits per heavy atom. The fraction of sp³-hybridized carbons (Fsp3) is 0.789. The van der Waals surface area contributed by atoms with Crippen LogP contribution in [0.1, 0.15) is 82.6 Å². The van der Waals surface area contributed by atoms with Crippen LogP contribution in [0.5, 0.6) is 0 Å². The molecule has 2 aliphatic heterocycles. The molecule has 1 unspecified atom stereocenters. The minimum atomic E-state index is -0.190. The molecule has 1 aromatic heterocycles. The molecule has 1 atom stereocenters. The first-order chi connectivity index (χ1) is 11.5. The first-order valence-electron chi connectivity index (χ1n) is 9.47. The fourth-order valence-electron chi connectivity index (χ4n) is 3.74. The van der Waals surface area contributed by atoms with Crippen LogP contribution in [-0.4, -0.2) is 46.4 Å². The maximum absolute atomic E-state index is 12.5. The van der Waals surface area contributed by atoms with Crippen molar-refractivity contribution in [3.8, 4) is 0 Å². The summed E-state index contributed by atoms with van der Waals surface area (Å²) in [7, 11) is 0. The van der Waals surface area contributed by atoms with Gasteiger partial charge in [0.2, 0.25) is 0 Å². The van der Waals surface area contributed by atoms with E-state index in [0.717, 1.165) is 45.4 Å². The summed E-state index contributed by atoms with van der Waals surface area (Å²) in [6, 6.07) is 2.67. The summed E-state index contributed by atoms with van der Waals surface area (Å²) in [5, 5.41) is 4.89. The smallest absolute Gasteiger partial charge is 0.251 e. The molecule has 2 saturated heterocycles. The summed E-state index contributed by atoms with van der Waals surface area (Å²) >= 11 is 0. The van der Waals surface area contributed by atoms with Gasteiger partial charge in [0.1, 0.15) is 6.10 Å². The van der Waals surface area contributed by atoms with Crippen molar-refractivity contribution in [1.82, 2.24) is 14.7 Å². The number of hydrogen-bond acceptors (Lipinski definition) is 3. The lowest BCUT2D eigenvalue weighted by atomic mass is 10.0. The van der Waals surface area contributed by atoms with Gasteiger partial charge in [-0.2, -0.15) is 5.10 Å². The minimum Gasteiger partial charge on any atom is -0.368 e. The van der Waals surface area contributed by atoms with Crippen molar-refractivity contribution >= 4 is 5.91 Å². The Labute approximate surface area is 145 Å². The van der Waals surface area contributed by atoms with Gasteiger partial charge in [-0.3, -0.25) is 9.48 Å². The Hall–Kier alpha value is -1.36. The average Bonchev–Trinajstić information content (AvgIpc) is 3.24. The molecule has 0 N–H and O–H groups in total. The molecule has 0 radical (unpaired) electrons. The van der Waals surface area contributed by atoms with Gasteiger partial charge in [0.05, 0.1) is 11.7 Å². The van der Waals surface area contributed by atoms with Crippen molar-refractivity contribution in [3.63, 3.8) is 0 Å². The number of piperidine rings is 1. The molecule has 0 spiro atoms. The van der Waals surface area contributed by atoms with Gasteiger partial charge in [0.25, 0.3) is 5.91 Å². The normalized spacial score (nSPS) is 22.8. The molecule has 1 amide bonds. The molecule has 2 fully saturated rings. The van der Waals surface area contributed by atoms with Crippen LogP contribution >= 0.6 is 0 Å². The second-order valence-corrected chi connectivity index (χ2v) is 7.81. The zero-order valence-electron chi connectivity index (χ0n) is 15.5. The molecule has 2 aliphatic rings. The predicted molar refractivity (Wildman–Crippen MR) is 94.2 cm³/mol. The van der Waals surface area contributed by atoms with Gasteiger partial charge in [-0.1, -0.05) is 27.7 Å². The fourth-order valence-corrected chi connectivity index (χ4v) is 3.74. The first kappa shape index (κ1) is 17.5. The van der Waals surface area contributed by atoms with Crippen molar-refractivity contribution in [2.75, 3.05) is 19.7 Å². The highest BCUT2D eigenvalue weighted by Crippen LogP contribution is 2.30. The summed E-state index contributed by atoms with van der Waals surface area (Å²) in [5.41, 5.74) is 2.50. The Morgan fingerprint density at radius 3 is 2.42 bits per heavy atom. The van der Waals surface area contributed by atoms with Gasteiger partial charge in [-0.25, -0.2) is 0 Å². The third-order valence-corrected chi connectivity index (χ3v) is 5.29. The molecule has 134 valence electrons. The zero-order valence-corrected chi connectivity index (χ0v) is 15.5. The molecule has 0 aromatic carbocycles. The van der Waals surface area contributed by atoms with Gasteiger partial charge in [0, 0.05) is 25.4 Å². The molecule has 5 nitrogen and oxygen atoms in total. The lowest BCUT2D eigenvalue weighted by Gasteiger charge is -2.34. The maximum Gasteiger partial charge on any atom is 0.251 e. The van der Waals surface area contributed by atoms with E-state index in [1.54, 1.807) is 0 Å². The minimum absolute atomic E-state index is 0.190. The standard InChI is InChI=1S/C19H31N3O2/c1-13(2)16-12-17(14(3)4)22(20-16)15-7-9-21(10-8-15)19(23)18-6-5-11-24-18/h12-15,18H,5-11H2,1-4H3. The van der Waals surface area contributed by atoms with Crippen LogP contribution in [0.3, 0.4) is 0 Å². The topological polar surface area (TPSA) is 47.4 Å². The second-order valence-electron chi connectivity index (χ2n) is 7.81. The average molecular weight is 333 g/mol. The van der Waals surface area contributed by atoms with Crippen LogP contribution in [0.25, 0.3) is 0 Å². The van der Waals surface area contributed by atoms with Crippen LogP contribution in [0.2, 0.25) is 0 Å². The largest absolute Gasteiger partial charge is 0.368 e. The van der Waals surface area contributed by atoms with Crippen LogP contribution in [0.15, 0.2) is 6.07 Å². The molecule has 24 heavy (non-hydrogen) atoms. The molecule has 1 aromatic rings. The highest BCUT2D eigenvalue weighted by molar-refractivity contribution is 5.81. The molecule has 0 aliphatic carbocycles. The first-order valence-corrected chi connectivity index (χ1v) is 9.47. The number of amides is 1. The monoisotopic (exact) mass is 333 g/mol. The van der Waals surface area contributed by atoms with Crippen LogP contribution in [-0.2, 0) is 9.53 Å². The quantitative estimate of drug-likeness (QED) is 0.847. The highest BCUT2D eigenvalue weighted by atomic mass is 16.5. The zero-order chi connectivity index (χ0) is 17.3. The van der Waals surface area contributed by atoms with E-state index in [9.17, 15) is 4.79 Å². The van der Waals surface area contributed by atoms with E-state index in [4.69, 9.17) is 9.84 Å². The van der Waals surface area contributed by atoms with E-state index in [1.165, 1.54) is 11.4 Å². The number of aromatic nitrogens is 2. The molecule has 0 saturated carbocycles. The number of carbonyl (C=O) groups is 1. The van der Waals surface area contributed by atoms with E-state index in [2.05, 4.69) is 38.4 Å². The molecule has 3 heterocycles. The van der Waals surface area contributed by atoms with Crippen molar-refractivity contribution in [1.29, 1.82) is 0 Å². The number of rotatable bonds is 4. The third-order valence-electron chi connectivity index (χ3n) is 5.29. The highest BCUT2D eigenvalue weighted by Gasteiger charge is 2.32. The molecular weight excluding hydrogens is 302 g/mol. The summed E-state index contributed by atoms with van der Waals surface area (Å²) in [6.07, 6.45) is 3.67. The third kappa shape index (κ3) is 3.51. The van der Waals surface area contributed by atoms with Gasteiger partial charge >= 0.3 is 0 Å². The van der Waals surface area contributed by atoms with E-state index >= 15 is 0 Å². The Bertz CT molecular complexity index is 565. The predicted octanol–water partition coefficient (Wildman–Crippen LogP) is 3.47. The van der Waals surface area contributed by atoms with E-state index in [0.29, 0.717) is 17.9 Å². The van der Waals surface area contributed by atoms with Gasteiger partial charge in [-0.05, 0) is 43.6 Å². The SMILES string of the molecule is CC(C)c1cc(C(C)C)n(C2CCN(C(=O)C3CCCO3)CC2)n1. The van der Waals surface area contributed by atoms with E-state index in [1.807, 2.05) is 4.90 Å². The van der Waals surface area contributed by atoms with Gasteiger partial charge in [0.15, 0.2) is 0 Å². The Balaban J connectivity index is 1.67. The maximum atomic E-state index is 12.5. The van der Waals surface area contributed by atoms with Gasteiger partial charge in [-0.15, -0.1) is 0 Å². The molecule has 3 rings (SSSR count). The number of ether oxygens (including phenoxy) is 1. The van der Waals surface area contributed by atoms with Crippen LogP contribution < -0.4 is 0 Å². The number of likely N-dealkylation sites (tertiary alicyclic amines) is 1.